The summed E-state index contributed by atoms with van der Waals surface area (Å²) in [7, 11) is 1.86. The lowest BCUT2D eigenvalue weighted by Gasteiger charge is -2.39. The number of guanidine groups is 1. The van der Waals surface area contributed by atoms with Crippen molar-refractivity contribution in [2.75, 3.05) is 20.1 Å². The first-order valence-electron chi connectivity index (χ1n) is 9.24. The number of aliphatic imine (C=N–C) groups is 1. The lowest BCUT2D eigenvalue weighted by molar-refractivity contribution is 0.189. The topological polar surface area (TPSA) is 61.2 Å². The van der Waals surface area contributed by atoms with Gasteiger partial charge in [-0.05, 0) is 29.9 Å². The summed E-state index contributed by atoms with van der Waals surface area (Å²) in [5.74, 6) is 1.59. The van der Waals surface area contributed by atoms with Crippen LogP contribution in [-0.2, 0) is 6.54 Å². The van der Waals surface area contributed by atoms with E-state index in [-0.39, 0.29) is 24.0 Å². The first-order valence-corrected chi connectivity index (χ1v) is 9.24. The Morgan fingerprint density at radius 2 is 2.22 bits per heavy atom. The van der Waals surface area contributed by atoms with Crippen LogP contribution in [0.3, 0.4) is 0 Å². The van der Waals surface area contributed by atoms with Crippen LogP contribution in [-0.4, -0.2) is 45.5 Å². The molecule has 0 aliphatic carbocycles. The Kier molecular flexibility index (Phi) is 6.41. The molecule has 6 nitrogen and oxygen atoms in total. The quantitative estimate of drug-likeness (QED) is 0.344. The third-order valence-corrected chi connectivity index (χ3v) is 5.36. The molecule has 2 atom stereocenters. The van der Waals surface area contributed by atoms with Gasteiger partial charge in [-0.15, -0.1) is 24.0 Å². The van der Waals surface area contributed by atoms with Crippen LogP contribution in [0.1, 0.15) is 25.1 Å². The van der Waals surface area contributed by atoms with Gasteiger partial charge in [0.05, 0.1) is 18.9 Å². The summed E-state index contributed by atoms with van der Waals surface area (Å²) in [6.07, 6.45) is 6.99. The van der Waals surface area contributed by atoms with Crippen molar-refractivity contribution in [1.82, 2.24) is 24.8 Å². The number of piperidine rings is 1. The van der Waals surface area contributed by atoms with E-state index in [1.54, 1.807) is 0 Å². The molecule has 4 rings (SSSR count). The molecule has 0 radical (unpaired) electrons. The molecule has 2 aromatic heterocycles. The molecular formula is C20H27IN6. The van der Waals surface area contributed by atoms with Crippen molar-refractivity contribution in [2.45, 2.75) is 25.9 Å². The molecule has 144 valence electrons. The maximum Gasteiger partial charge on any atom is 0.194 e. The smallest absolute Gasteiger partial charge is 0.194 e. The normalized spacial score (nSPS) is 20.5. The molecule has 27 heavy (non-hydrogen) atoms. The zero-order valence-corrected chi connectivity index (χ0v) is 18.1. The zero-order chi connectivity index (χ0) is 17.9. The van der Waals surface area contributed by atoms with E-state index in [1.165, 1.54) is 16.6 Å². The maximum absolute atomic E-state index is 4.51. The minimum Gasteiger partial charge on any atom is -0.357 e. The lowest BCUT2D eigenvalue weighted by atomic mass is 9.93. The second-order valence-corrected chi connectivity index (χ2v) is 7.07. The van der Waals surface area contributed by atoms with E-state index in [0.29, 0.717) is 12.0 Å². The number of hydrogen-bond acceptors (Lipinski definition) is 2. The van der Waals surface area contributed by atoms with Gasteiger partial charge in [-0.3, -0.25) is 4.99 Å². The number of rotatable bonds is 3. The molecular weight excluding hydrogens is 451 g/mol. The van der Waals surface area contributed by atoms with E-state index in [4.69, 9.17) is 0 Å². The molecule has 2 unspecified atom stereocenters. The number of aromatic nitrogens is 3. The number of fused-ring (bicyclic) bond motifs is 1. The number of aromatic amines is 1. The monoisotopic (exact) mass is 478 g/mol. The molecule has 1 saturated heterocycles. The number of halogens is 1. The molecule has 0 spiro atoms. The number of hydrogen-bond donors (Lipinski definition) is 2. The molecule has 1 aliphatic heterocycles. The van der Waals surface area contributed by atoms with E-state index in [2.05, 4.69) is 73.2 Å². The summed E-state index contributed by atoms with van der Waals surface area (Å²) in [6.45, 7) is 5.04. The zero-order valence-electron chi connectivity index (χ0n) is 15.8. The summed E-state index contributed by atoms with van der Waals surface area (Å²) in [4.78, 5) is 14.5. The van der Waals surface area contributed by atoms with Crippen molar-refractivity contribution in [2.24, 2.45) is 10.9 Å². The molecule has 0 bridgehead atoms. The molecule has 2 N–H and O–H groups in total. The van der Waals surface area contributed by atoms with Gasteiger partial charge in [0.2, 0.25) is 0 Å². The molecule has 1 aliphatic rings. The fraction of sp³-hybridized carbons (Fsp3) is 0.400. The van der Waals surface area contributed by atoms with Crippen LogP contribution in [0.5, 0.6) is 0 Å². The third-order valence-electron chi connectivity index (χ3n) is 5.36. The van der Waals surface area contributed by atoms with Crippen molar-refractivity contribution < 1.29 is 0 Å². The van der Waals surface area contributed by atoms with Gasteiger partial charge in [-0.1, -0.05) is 25.1 Å². The Bertz CT molecular complexity index is 852. The predicted molar refractivity (Wildman–Crippen MR) is 121 cm³/mol. The summed E-state index contributed by atoms with van der Waals surface area (Å²) < 4.78 is 2.22. The number of imidazole rings is 1. The first-order chi connectivity index (χ1) is 12.7. The van der Waals surface area contributed by atoms with Crippen molar-refractivity contribution in [3.05, 3.63) is 54.7 Å². The molecule has 3 heterocycles. The van der Waals surface area contributed by atoms with Gasteiger partial charge in [-0.25, -0.2) is 4.98 Å². The number of likely N-dealkylation sites (tertiary alicyclic amines) is 1. The Morgan fingerprint density at radius 1 is 1.37 bits per heavy atom. The van der Waals surface area contributed by atoms with Crippen LogP contribution in [0.2, 0.25) is 0 Å². The van der Waals surface area contributed by atoms with E-state index >= 15 is 0 Å². The van der Waals surface area contributed by atoms with E-state index in [9.17, 15) is 0 Å². The average molecular weight is 478 g/mol. The molecule has 1 aromatic carbocycles. The minimum atomic E-state index is 0. The van der Waals surface area contributed by atoms with E-state index in [0.717, 1.165) is 32.0 Å². The van der Waals surface area contributed by atoms with E-state index < -0.39 is 0 Å². The Labute approximate surface area is 177 Å². The SMILES string of the molecule is CN=C(NCc1cc2ccccc2[nH]1)N1CCC(C)C(n2ccnc2)C1.I. The Hall–Kier alpha value is -2.03. The fourth-order valence-electron chi connectivity index (χ4n) is 3.83. The Balaban J connectivity index is 0.00000210. The van der Waals surface area contributed by atoms with Gasteiger partial charge in [0.1, 0.15) is 0 Å². The average Bonchev–Trinajstić information content (AvgIpc) is 3.32. The largest absolute Gasteiger partial charge is 0.357 e. The number of benzene rings is 1. The summed E-state index contributed by atoms with van der Waals surface area (Å²) >= 11 is 0. The minimum absolute atomic E-state index is 0. The van der Waals surface area contributed by atoms with Gasteiger partial charge in [0, 0.05) is 43.7 Å². The lowest BCUT2D eigenvalue weighted by Crippen LogP contribution is -2.48. The van der Waals surface area contributed by atoms with Crippen LogP contribution in [0.25, 0.3) is 10.9 Å². The maximum atomic E-state index is 4.51. The van der Waals surface area contributed by atoms with Gasteiger partial charge < -0.3 is 19.8 Å². The second-order valence-electron chi connectivity index (χ2n) is 7.07. The molecule has 3 aromatic rings. The van der Waals surface area contributed by atoms with Crippen LogP contribution in [0, 0.1) is 5.92 Å². The molecule has 0 amide bonds. The van der Waals surface area contributed by atoms with Gasteiger partial charge in [-0.2, -0.15) is 0 Å². The van der Waals surface area contributed by atoms with Crippen molar-refractivity contribution in [3.8, 4) is 0 Å². The Morgan fingerprint density at radius 3 is 2.96 bits per heavy atom. The highest BCUT2D eigenvalue weighted by Gasteiger charge is 2.28. The van der Waals surface area contributed by atoms with Crippen LogP contribution < -0.4 is 5.32 Å². The van der Waals surface area contributed by atoms with Crippen LogP contribution >= 0.6 is 24.0 Å². The first kappa shape index (κ1) is 19.7. The standard InChI is InChI=1S/C20H26N6.HI/c1-15-7-9-25(13-19(15)26-10-8-22-14-26)20(21-2)23-12-17-11-16-5-3-4-6-18(16)24-17;/h3-6,8,10-11,14-15,19,24H,7,9,12-13H2,1-2H3,(H,21,23);1H. The van der Waals surface area contributed by atoms with Crippen LogP contribution in [0.15, 0.2) is 54.0 Å². The van der Waals surface area contributed by atoms with Gasteiger partial charge >= 0.3 is 0 Å². The number of nitrogens with zero attached hydrogens (tertiary/aromatic N) is 4. The number of H-pyrrole nitrogens is 1. The predicted octanol–water partition coefficient (Wildman–Crippen LogP) is 3.64. The number of para-hydroxylation sites is 1. The molecule has 7 heteroatoms. The summed E-state index contributed by atoms with van der Waals surface area (Å²) in [5, 5.41) is 4.76. The van der Waals surface area contributed by atoms with Crippen molar-refractivity contribution >= 4 is 40.8 Å². The molecule has 1 fully saturated rings. The van der Waals surface area contributed by atoms with Crippen molar-refractivity contribution in [3.63, 3.8) is 0 Å². The third kappa shape index (κ3) is 4.28. The van der Waals surface area contributed by atoms with Gasteiger partial charge in [0.25, 0.3) is 0 Å². The van der Waals surface area contributed by atoms with Crippen molar-refractivity contribution in [1.29, 1.82) is 0 Å². The van der Waals surface area contributed by atoms with E-state index in [1.807, 2.05) is 19.6 Å². The molecule has 0 saturated carbocycles. The highest BCUT2D eigenvalue weighted by Crippen LogP contribution is 2.27. The highest BCUT2D eigenvalue weighted by atomic mass is 127. The van der Waals surface area contributed by atoms with Crippen LogP contribution in [0.4, 0.5) is 0 Å². The highest BCUT2D eigenvalue weighted by molar-refractivity contribution is 14.0. The fourth-order valence-corrected chi connectivity index (χ4v) is 3.83. The summed E-state index contributed by atoms with van der Waals surface area (Å²) in [6, 6.07) is 11.0. The van der Waals surface area contributed by atoms with Gasteiger partial charge in [0.15, 0.2) is 5.96 Å². The number of nitrogens with one attached hydrogen (secondary N) is 2. The second kappa shape index (κ2) is 8.77. The summed E-state index contributed by atoms with van der Waals surface area (Å²) in [5.41, 5.74) is 2.34.